The number of hydrogen-bond acceptors (Lipinski definition) is 3. The highest BCUT2D eigenvalue weighted by Crippen LogP contribution is 2.22. The van der Waals surface area contributed by atoms with E-state index in [4.69, 9.17) is 11.6 Å². The average molecular weight is 377 g/mol. The van der Waals surface area contributed by atoms with Gasteiger partial charge in [-0.15, -0.1) is 0 Å². The van der Waals surface area contributed by atoms with Crippen LogP contribution < -0.4 is 4.72 Å². The fourth-order valence-electron chi connectivity index (χ4n) is 3.42. The molecule has 2 rings (SSSR count). The summed E-state index contributed by atoms with van der Waals surface area (Å²) in [5, 5.41) is 0.136. The Morgan fingerprint density at radius 2 is 1.96 bits per heavy atom. The Kier molecular flexibility index (Phi) is 7.04. The molecule has 24 heavy (non-hydrogen) atoms. The zero-order valence-corrected chi connectivity index (χ0v) is 15.8. The maximum Gasteiger partial charge on any atom is 0.215 e. The van der Waals surface area contributed by atoms with Crippen molar-refractivity contribution in [2.24, 2.45) is 11.8 Å². The van der Waals surface area contributed by atoms with Gasteiger partial charge in [0.15, 0.2) is 0 Å². The normalized spacial score (nSPS) is 22.7. The molecule has 7 heteroatoms. The van der Waals surface area contributed by atoms with Crippen molar-refractivity contribution in [3.63, 3.8) is 0 Å². The van der Waals surface area contributed by atoms with Gasteiger partial charge in [0.25, 0.3) is 0 Å². The summed E-state index contributed by atoms with van der Waals surface area (Å²) in [4.78, 5) is 2.39. The summed E-state index contributed by atoms with van der Waals surface area (Å²) < 4.78 is 40.5. The zero-order chi connectivity index (χ0) is 17.7. The summed E-state index contributed by atoms with van der Waals surface area (Å²) in [6.45, 7) is 7.88. The van der Waals surface area contributed by atoms with Gasteiger partial charge in [-0.3, -0.25) is 0 Å². The number of hydrogen-bond donors (Lipinski definition) is 1. The molecule has 0 unspecified atom stereocenters. The van der Waals surface area contributed by atoms with Crippen LogP contribution in [0.15, 0.2) is 18.2 Å². The van der Waals surface area contributed by atoms with E-state index in [1.165, 1.54) is 24.6 Å². The molecular weight excluding hydrogens is 351 g/mol. The Bertz CT molecular complexity index is 624. The summed E-state index contributed by atoms with van der Waals surface area (Å²) in [7, 11) is -3.60. The van der Waals surface area contributed by atoms with E-state index in [9.17, 15) is 12.8 Å². The van der Waals surface area contributed by atoms with Crippen LogP contribution in [0.25, 0.3) is 0 Å². The number of nitrogens with one attached hydrogen (secondary N) is 1. The highest BCUT2D eigenvalue weighted by atomic mass is 35.5. The van der Waals surface area contributed by atoms with Gasteiger partial charge >= 0.3 is 0 Å². The molecule has 1 aliphatic heterocycles. The van der Waals surface area contributed by atoms with Crippen LogP contribution in [-0.4, -0.2) is 39.5 Å². The predicted octanol–water partition coefficient (Wildman–Crippen LogP) is 3.27. The van der Waals surface area contributed by atoms with E-state index in [2.05, 4.69) is 23.5 Å². The van der Waals surface area contributed by atoms with E-state index in [1.807, 2.05) is 0 Å². The molecule has 136 valence electrons. The summed E-state index contributed by atoms with van der Waals surface area (Å²) >= 11 is 5.89. The van der Waals surface area contributed by atoms with Gasteiger partial charge in [0.2, 0.25) is 10.0 Å². The summed E-state index contributed by atoms with van der Waals surface area (Å²) in [6, 6.07) is 4.17. The lowest BCUT2D eigenvalue weighted by Crippen LogP contribution is -2.40. The van der Waals surface area contributed by atoms with E-state index in [0.29, 0.717) is 18.4 Å². The SMILES string of the molecule is C[C@@H]1C[C@@H](C)CN(CCCNS(=O)(=O)Cc2c(F)cccc2Cl)C1. The maximum atomic E-state index is 13.7. The molecule has 0 aliphatic carbocycles. The lowest BCUT2D eigenvalue weighted by Gasteiger charge is -2.34. The van der Waals surface area contributed by atoms with E-state index in [-0.39, 0.29) is 10.6 Å². The van der Waals surface area contributed by atoms with Gasteiger partial charge in [0.1, 0.15) is 5.82 Å². The van der Waals surface area contributed by atoms with Crippen LogP contribution in [0.2, 0.25) is 5.02 Å². The number of nitrogens with zero attached hydrogens (tertiary/aromatic N) is 1. The molecule has 0 radical (unpaired) electrons. The Morgan fingerprint density at radius 1 is 1.29 bits per heavy atom. The molecule has 1 aromatic rings. The van der Waals surface area contributed by atoms with E-state index in [0.717, 1.165) is 26.1 Å². The van der Waals surface area contributed by atoms with Crippen molar-refractivity contribution in [1.29, 1.82) is 0 Å². The van der Waals surface area contributed by atoms with Crippen molar-refractivity contribution in [3.8, 4) is 0 Å². The van der Waals surface area contributed by atoms with Gasteiger partial charge in [-0.05, 0) is 43.4 Å². The lowest BCUT2D eigenvalue weighted by atomic mass is 9.92. The number of piperidine rings is 1. The quantitative estimate of drug-likeness (QED) is 0.743. The molecule has 2 atom stereocenters. The van der Waals surface area contributed by atoms with E-state index in [1.54, 1.807) is 0 Å². The van der Waals surface area contributed by atoms with Gasteiger partial charge in [0, 0.05) is 30.2 Å². The second-order valence-electron chi connectivity index (χ2n) is 6.91. The van der Waals surface area contributed by atoms with Crippen molar-refractivity contribution in [2.45, 2.75) is 32.4 Å². The minimum Gasteiger partial charge on any atom is -0.303 e. The molecule has 1 heterocycles. The standard InChI is InChI=1S/C17H26ClFN2O2S/c1-13-9-14(2)11-21(10-13)8-4-7-20-24(22,23)12-15-16(18)5-3-6-17(15)19/h3,5-6,13-14,20H,4,7-12H2,1-2H3/t13-,14-/m1/s1. The Labute approximate surface area is 149 Å². The molecule has 1 fully saturated rings. The van der Waals surface area contributed by atoms with Gasteiger partial charge < -0.3 is 4.90 Å². The van der Waals surface area contributed by atoms with E-state index < -0.39 is 21.6 Å². The summed E-state index contributed by atoms with van der Waals surface area (Å²) in [5.74, 6) is 0.350. The first kappa shape index (κ1) is 19.6. The molecule has 1 saturated heterocycles. The van der Waals surface area contributed by atoms with Crippen molar-refractivity contribution in [1.82, 2.24) is 9.62 Å². The topological polar surface area (TPSA) is 49.4 Å². The third-order valence-corrected chi connectivity index (χ3v) is 5.98. The third kappa shape index (κ3) is 5.99. The van der Waals surface area contributed by atoms with E-state index >= 15 is 0 Å². The molecule has 0 aromatic heterocycles. The van der Waals surface area contributed by atoms with Crippen molar-refractivity contribution in [2.75, 3.05) is 26.2 Å². The molecule has 0 spiro atoms. The fourth-order valence-corrected chi connectivity index (χ4v) is 4.96. The van der Waals surface area contributed by atoms with Gasteiger partial charge in [-0.1, -0.05) is 31.5 Å². The molecule has 1 N–H and O–H groups in total. The van der Waals surface area contributed by atoms with Crippen LogP contribution >= 0.6 is 11.6 Å². The predicted molar refractivity (Wildman–Crippen MR) is 96.0 cm³/mol. The zero-order valence-electron chi connectivity index (χ0n) is 14.3. The van der Waals surface area contributed by atoms with Crippen LogP contribution in [0.1, 0.15) is 32.3 Å². The van der Waals surface area contributed by atoms with Crippen LogP contribution in [-0.2, 0) is 15.8 Å². The number of halogens is 2. The number of likely N-dealkylation sites (tertiary alicyclic amines) is 1. The molecule has 1 aromatic carbocycles. The average Bonchev–Trinajstić information content (AvgIpc) is 2.47. The first-order chi connectivity index (χ1) is 11.3. The largest absolute Gasteiger partial charge is 0.303 e. The minimum absolute atomic E-state index is 0.0188. The maximum absolute atomic E-state index is 13.7. The van der Waals surface area contributed by atoms with Crippen molar-refractivity contribution in [3.05, 3.63) is 34.6 Å². The highest BCUT2D eigenvalue weighted by molar-refractivity contribution is 7.88. The molecule has 0 amide bonds. The number of sulfonamides is 1. The lowest BCUT2D eigenvalue weighted by molar-refractivity contribution is 0.140. The molecule has 4 nitrogen and oxygen atoms in total. The second-order valence-corrected chi connectivity index (χ2v) is 9.13. The summed E-state index contributed by atoms with van der Waals surface area (Å²) in [5.41, 5.74) is 0.0188. The first-order valence-electron chi connectivity index (χ1n) is 8.39. The molecule has 0 bridgehead atoms. The van der Waals surface area contributed by atoms with Crippen LogP contribution in [0, 0.1) is 17.7 Å². The third-order valence-electron chi connectivity index (χ3n) is 4.31. The summed E-state index contributed by atoms with van der Waals surface area (Å²) in [6.07, 6.45) is 2.00. The van der Waals surface area contributed by atoms with Gasteiger partial charge in [-0.25, -0.2) is 17.5 Å². The van der Waals surface area contributed by atoms with Crippen molar-refractivity contribution < 1.29 is 12.8 Å². The van der Waals surface area contributed by atoms with Crippen molar-refractivity contribution >= 4 is 21.6 Å². The number of rotatable bonds is 7. The minimum atomic E-state index is -3.60. The Balaban J connectivity index is 1.79. The van der Waals surface area contributed by atoms with Gasteiger partial charge in [-0.2, -0.15) is 0 Å². The van der Waals surface area contributed by atoms with Crippen LogP contribution in [0.5, 0.6) is 0 Å². The highest BCUT2D eigenvalue weighted by Gasteiger charge is 2.21. The molecule has 0 saturated carbocycles. The smallest absolute Gasteiger partial charge is 0.215 e. The monoisotopic (exact) mass is 376 g/mol. The molecular formula is C17H26ClFN2O2S. The fraction of sp³-hybridized carbons (Fsp3) is 0.647. The second kappa shape index (κ2) is 8.61. The number of benzene rings is 1. The van der Waals surface area contributed by atoms with Crippen LogP contribution in [0.4, 0.5) is 4.39 Å². The Hall–Kier alpha value is -0.690. The molecule has 1 aliphatic rings. The first-order valence-corrected chi connectivity index (χ1v) is 10.4. The Morgan fingerprint density at radius 3 is 2.58 bits per heavy atom. The van der Waals surface area contributed by atoms with Gasteiger partial charge in [0.05, 0.1) is 5.75 Å². The van der Waals surface area contributed by atoms with Crippen LogP contribution in [0.3, 0.4) is 0 Å².